The largest absolute Gasteiger partial charge is 0.399 e. The van der Waals surface area contributed by atoms with Crippen molar-refractivity contribution in [1.29, 1.82) is 0 Å². The molecule has 0 unspecified atom stereocenters. The van der Waals surface area contributed by atoms with Crippen LogP contribution in [0.1, 0.15) is 32.2 Å². The van der Waals surface area contributed by atoms with Crippen molar-refractivity contribution in [2.45, 2.75) is 33.1 Å². The number of anilines is 1. The first-order chi connectivity index (χ1) is 9.88. The van der Waals surface area contributed by atoms with Crippen LogP contribution in [-0.4, -0.2) is 9.55 Å². The van der Waals surface area contributed by atoms with Crippen LogP contribution in [0.15, 0.2) is 42.5 Å². The summed E-state index contributed by atoms with van der Waals surface area (Å²) in [5.74, 6) is 1.05. The second-order valence-corrected chi connectivity index (χ2v) is 6.56. The highest BCUT2D eigenvalue weighted by Gasteiger charge is 2.24. The molecule has 1 heterocycles. The molecule has 0 saturated carbocycles. The number of para-hydroxylation sites is 1. The van der Waals surface area contributed by atoms with Crippen molar-refractivity contribution in [2.75, 3.05) is 5.73 Å². The zero-order valence-electron chi connectivity index (χ0n) is 13.0. The van der Waals surface area contributed by atoms with Crippen molar-refractivity contribution in [3.8, 4) is 5.69 Å². The summed E-state index contributed by atoms with van der Waals surface area (Å²) in [7, 11) is 0. The Morgan fingerprint density at radius 2 is 1.76 bits per heavy atom. The van der Waals surface area contributed by atoms with Gasteiger partial charge in [-0.3, -0.25) is 4.57 Å². The van der Waals surface area contributed by atoms with E-state index in [2.05, 4.69) is 62.6 Å². The molecule has 3 rings (SSSR count). The number of imidazole rings is 1. The second kappa shape index (κ2) is 4.62. The van der Waals surface area contributed by atoms with E-state index in [1.807, 2.05) is 12.1 Å². The fourth-order valence-electron chi connectivity index (χ4n) is 2.66. The van der Waals surface area contributed by atoms with E-state index in [9.17, 15) is 0 Å². The minimum absolute atomic E-state index is 0.0456. The van der Waals surface area contributed by atoms with Crippen molar-refractivity contribution in [1.82, 2.24) is 9.55 Å². The molecule has 108 valence electrons. The van der Waals surface area contributed by atoms with Gasteiger partial charge in [0.25, 0.3) is 0 Å². The van der Waals surface area contributed by atoms with Gasteiger partial charge in [-0.15, -0.1) is 0 Å². The van der Waals surface area contributed by atoms with E-state index < -0.39 is 0 Å². The summed E-state index contributed by atoms with van der Waals surface area (Å²) < 4.78 is 2.25. The Hall–Kier alpha value is -2.29. The first-order valence-corrected chi connectivity index (χ1v) is 7.22. The van der Waals surface area contributed by atoms with E-state index in [-0.39, 0.29) is 5.41 Å². The third-order valence-electron chi connectivity index (χ3n) is 3.71. The quantitative estimate of drug-likeness (QED) is 0.678. The number of hydrogen-bond donors (Lipinski definition) is 1. The molecule has 2 N–H and O–H groups in total. The highest BCUT2D eigenvalue weighted by molar-refractivity contribution is 5.82. The van der Waals surface area contributed by atoms with Crippen LogP contribution in [0.3, 0.4) is 0 Å². The number of benzene rings is 2. The van der Waals surface area contributed by atoms with E-state index in [0.29, 0.717) is 0 Å². The molecule has 21 heavy (non-hydrogen) atoms. The Morgan fingerprint density at radius 1 is 1.05 bits per heavy atom. The maximum absolute atomic E-state index is 5.91. The number of aryl methyl sites for hydroxylation is 1. The van der Waals surface area contributed by atoms with Crippen LogP contribution in [0.25, 0.3) is 16.7 Å². The van der Waals surface area contributed by atoms with Crippen LogP contribution in [0.2, 0.25) is 0 Å². The van der Waals surface area contributed by atoms with Gasteiger partial charge >= 0.3 is 0 Å². The Labute approximate surface area is 125 Å². The smallest absolute Gasteiger partial charge is 0.119 e. The molecule has 0 fully saturated rings. The predicted molar refractivity (Wildman–Crippen MR) is 88.9 cm³/mol. The number of nitrogen functional groups attached to an aromatic ring is 1. The first kappa shape index (κ1) is 13.7. The average Bonchev–Trinajstić information content (AvgIpc) is 2.77. The third kappa shape index (κ3) is 2.29. The zero-order chi connectivity index (χ0) is 15.2. The number of aromatic nitrogens is 2. The van der Waals surface area contributed by atoms with Gasteiger partial charge in [0.1, 0.15) is 5.82 Å². The van der Waals surface area contributed by atoms with E-state index in [1.54, 1.807) is 0 Å². The average molecular weight is 279 g/mol. The summed E-state index contributed by atoms with van der Waals surface area (Å²) in [5, 5.41) is 0. The molecule has 0 radical (unpaired) electrons. The Bertz CT molecular complexity index is 807. The molecule has 0 saturated heterocycles. The van der Waals surface area contributed by atoms with Crippen molar-refractivity contribution in [2.24, 2.45) is 0 Å². The van der Waals surface area contributed by atoms with Crippen LogP contribution in [-0.2, 0) is 5.41 Å². The molecular weight excluding hydrogens is 258 g/mol. The summed E-state index contributed by atoms with van der Waals surface area (Å²) in [6.07, 6.45) is 0. The fourth-order valence-corrected chi connectivity index (χ4v) is 2.66. The number of fused-ring (bicyclic) bond motifs is 1. The maximum atomic E-state index is 5.91. The number of nitrogens with two attached hydrogens (primary N) is 1. The highest BCUT2D eigenvalue weighted by atomic mass is 15.1. The molecule has 0 amide bonds. The lowest BCUT2D eigenvalue weighted by Crippen LogP contribution is -2.18. The van der Waals surface area contributed by atoms with Gasteiger partial charge in [0, 0.05) is 11.1 Å². The predicted octanol–water partition coefficient (Wildman–Crippen LogP) is 4.21. The molecule has 0 atom stereocenters. The van der Waals surface area contributed by atoms with Crippen molar-refractivity contribution in [3.05, 3.63) is 53.9 Å². The molecule has 3 heteroatoms. The minimum Gasteiger partial charge on any atom is -0.399 e. The van der Waals surface area contributed by atoms with Crippen LogP contribution in [0, 0.1) is 6.92 Å². The van der Waals surface area contributed by atoms with Gasteiger partial charge in [0.05, 0.1) is 16.7 Å². The Morgan fingerprint density at radius 3 is 2.43 bits per heavy atom. The molecule has 3 aromatic rings. The first-order valence-electron chi connectivity index (χ1n) is 7.22. The summed E-state index contributed by atoms with van der Waals surface area (Å²) in [6, 6.07) is 14.3. The number of nitrogens with zero attached hydrogens (tertiary/aromatic N) is 2. The third-order valence-corrected chi connectivity index (χ3v) is 3.71. The number of hydrogen-bond acceptors (Lipinski definition) is 2. The van der Waals surface area contributed by atoms with E-state index in [1.165, 1.54) is 11.3 Å². The van der Waals surface area contributed by atoms with Crippen molar-refractivity contribution in [3.63, 3.8) is 0 Å². The normalized spacial score (nSPS) is 12.0. The van der Waals surface area contributed by atoms with Crippen LogP contribution in [0.5, 0.6) is 0 Å². The van der Waals surface area contributed by atoms with E-state index in [0.717, 1.165) is 22.5 Å². The zero-order valence-corrected chi connectivity index (χ0v) is 13.0. The molecule has 1 aromatic heterocycles. The van der Waals surface area contributed by atoms with Crippen molar-refractivity contribution >= 4 is 16.7 Å². The summed E-state index contributed by atoms with van der Waals surface area (Å²) in [6.45, 7) is 8.69. The van der Waals surface area contributed by atoms with E-state index in [4.69, 9.17) is 10.7 Å². The molecule has 3 nitrogen and oxygen atoms in total. The minimum atomic E-state index is -0.0456. The standard InChI is InChI=1S/C18H21N3/c1-12-7-5-6-8-15(12)21-16-10-9-13(19)11-14(16)20-17(21)18(2,3)4/h5-11H,19H2,1-4H3. The molecule has 0 aliphatic heterocycles. The van der Waals surface area contributed by atoms with Gasteiger partial charge in [-0.05, 0) is 36.8 Å². The van der Waals surface area contributed by atoms with Crippen molar-refractivity contribution < 1.29 is 0 Å². The topological polar surface area (TPSA) is 43.8 Å². The lowest BCUT2D eigenvalue weighted by Gasteiger charge is -2.21. The SMILES string of the molecule is Cc1ccccc1-n1c(C(C)(C)C)nc2cc(N)ccc21. The lowest BCUT2D eigenvalue weighted by molar-refractivity contribution is 0.539. The van der Waals surface area contributed by atoms with Gasteiger partial charge < -0.3 is 5.73 Å². The fraction of sp³-hybridized carbons (Fsp3) is 0.278. The van der Waals surface area contributed by atoms with Crippen LogP contribution < -0.4 is 5.73 Å². The second-order valence-electron chi connectivity index (χ2n) is 6.56. The molecule has 0 bridgehead atoms. The van der Waals surface area contributed by atoms with Gasteiger partial charge in [-0.2, -0.15) is 0 Å². The van der Waals surface area contributed by atoms with Gasteiger partial charge in [-0.1, -0.05) is 39.0 Å². The van der Waals surface area contributed by atoms with Gasteiger partial charge in [0.15, 0.2) is 0 Å². The summed E-state index contributed by atoms with van der Waals surface area (Å²) >= 11 is 0. The lowest BCUT2D eigenvalue weighted by atomic mass is 9.95. The molecule has 0 spiro atoms. The van der Waals surface area contributed by atoms with Crippen LogP contribution >= 0.6 is 0 Å². The maximum Gasteiger partial charge on any atom is 0.119 e. The van der Waals surface area contributed by atoms with E-state index >= 15 is 0 Å². The van der Waals surface area contributed by atoms with Gasteiger partial charge in [0.2, 0.25) is 0 Å². The Kier molecular flexibility index (Phi) is 3.01. The molecule has 0 aliphatic carbocycles. The molecule has 0 aliphatic rings. The summed E-state index contributed by atoms with van der Waals surface area (Å²) in [4.78, 5) is 4.85. The van der Waals surface area contributed by atoms with Crippen LogP contribution in [0.4, 0.5) is 5.69 Å². The molecular formula is C18H21N3. The highest BCUT2D eigenvalue weighted by Crippen LogP contribution is 2.31. The Balaban J connectivity index is 2.42. The number of rotatable bonds is 1. The summed E-state index contributed by atoms with van der Waals surface area (Å²) in [5.41, 5.74) is 11.1. The monoisotopic (exact) mass is 279 g/mol. The molecule has 2 aromatic carbocycles. The van der Waals surface area contributed by atoms with Gasteiger partial charge in [-0.25, -0.2) is 4.98 Å².